The van der Waals surface area contributed by atoms with Crippen molar-refractivity contribution in [2.24, 2.45) is 0 Å². The van der Waals surface area contributed by atoms with Gasteiger partial charge in [0.25, 0.3) is 0 Å². The van der Waals surface area contributed by atoms with Crippen molar-refractivity contribution in [2.75, 3.05) is 25.2 Å². The predicted octanol–water partition coefficient (Wildman–Crippen LogP) is 2.33. The van der Waals surface area contributed by atoms with Crippen molar-refractivity contribution in [3.05, 3.63) is 47.5 Å². The number of aromatic hydroxyl groups is 1. The van der Waals surface area contributed by atoms with Crippen LogP contribution in [0.5, 0.6) is 17.2 Å². The first-order chi connectivity index (χ1) is 12.8. The molecule has 0 bridgehead atoms. The van der Waals surface area contributed by atoms with E-state index in [1.165, 1.54) is 12.3 Å². The second-order valence-corrected chi connectivity index (χ2v) is 7.28. The average Bonchev–Trinajstić information content (AvgIpc) is 2.66. The van der Waals surface area contributed by atoms with Gasteiger partial charge in [0, 0.05) is 24.9 Å². The van der Waals surface area contributed by atoms with Crippen molar-refractivity contribution < 1.29 is 23.9 Å². The molecule has 8 heteroatoms. The van der Waals surface area contributed by atoms with E-state index in [4.69, 9.17) is 9.47 Å². The van der Waals surface area contributed by atoms with Crippen molar-refractivity contribution in [1.29, 1.82) is 0 Å². The number of methoxy groups -OCH3 is 2. The zero-order valence-corrected chi connectivity index (χ0v) is 16.7. The number of hydrogen-bond acceptors (Lipinski definition) is 6. The lowest BCUT2D eigenvalue weighted by Crippen LogP contribution is -2.31. The van der Waals surface area contributed by atoms with Crippen LogP contribution in [0.2, 0.25) is 0 Å². The van der Waals surface area contributed by atoms with E-state index in [9.17, 15) is 14.4 Å². The first kappa shape index (κ1) is 21.0. The Labute approximate surface area is 161 Å². The van der Waals surface area contributed by atoms with Crippen molar-refractivity contribution in [3.63, 3.8) is 0 Å². The minimum absolute atomic E-state index is 0.0229. The molecule has 7 nitrogen and oxygen atoms in total. The second kappa shape index (κ2) is 9.59. The van der Waals surface area contributed by atoms with Gasteiger partial charge < -0.3 is 29.7 Å². The van der Waals surface area contributed by atoms with Crippen LogP contribution in [0.25, 0.3) is 0 Å². The number of phenolic OH excluding ortho intramolecular Hbond substituents is 1. The van der Waals surface area contributed by atoms with Gasteiger partial charge in [-0.05, 0) is 42.3 Å². The molecule has 0 heterocycles. The first-order valence-corrected chi connectivity index (χ1v) is 9.96. The van der Waals surface area contributed by atoms with Crippen LogP contribution in [-0.2, 0) is 17.5 Å². The maximum absolute atomic E-state index is 11.3. The molecule has 1 unspecified atom stereocenters. The lowest BCUT2D eigenvalue weighted by atomic mass is 10.0. The van der Waals surface area contributed by atoms with Crippen LogP contribution in [-0.4, -0.2) is 40.9 Å². The molecule has 0 fully saturated rings. The fourth-order valence-corrected chi connectivity index (χ4v) is 3.09. The topological polar surface area (TPSA) is 100 Å². The quantitative estimate of drug-likeness (QED) is 0.487. The van der Waals surface area contributed by atoms with E-state index >= 15 is 0 Å². The summed E-state index contributed by atoms with van der Waals surface area (Å²) in [6.45, 7) is 2.37. The molecule has 3 atom stereocenters. The maximum Gasteiger partial charge on any atom is 0.139 e. The highest BCUT2D eigenvalue weighted by atomic mass is 32.2. The number of rotatable bonds is 9. The first-order valence-electron chi connectivity index (χ1n) is 8.40. The number of nitrogens with one attached hydrogen (secondary N) is 2. The summed E-state index contributed by atoms with van der Waals surface area (Å²) in [7, 11) is 1.87. The Hall–Kier alpha value is -2.29. The van der Waals surface area contributed by atoms with Gasteiger partial charge in [0.1, 0.15) is 28.2 Å². The van der Waals surface area contributed by atoms with E-state index in [0.717, 1.165) is 5.56 Å². The minimum atomic E-state index is -1.32. The summed E-state index contributed by atoms with van der Waals surface area (Å²) in [5, 5.41) is 23.7. The largest absolute Gasteiger partial charge is 0.506 e. The number of ether oxygens (including phenoxy) is 2. The Morgan fingerprint density at radius 1 is 1.11 bits per heavy atom. The number of aliphatic hydroxyl groups excluding tert-OH is 1. The Morgan fingerprint density at radius 2 is 1.74 bits per heavy atom. The van der Waals surface area contributed by atoms with Crippen LogP contribution in [0.4, 0.5) is 5.69 Å². The monoisotopic (exact) mass is 394 g/mol. The molecule has 27 heavy (non-hydrogen) atoms. The number of benzene rings is 2. The number of phenols is 1. The summed E-state index contributed by atoms with van der Waals surface area (Å²) < 4.78 is 24.5. The van der Waals surface area contributed by atoms with Gasteiger partial charge >= 0.3 is 0 Å². The van der Waals surface area contributed by atoms with Crippen LogP contribution >= 0.6 is 0 Å². The van der Waals surface area contributed by atoms with Gasteiger partial charge in [-0.1, -0.05) is 6.07 Å². The van der Waals surface area contributed by atoms with Crippen molar-refractivity contribution >= 4 is 16.7 Å². The van der Waals surface area contributed by atoms with Gasteiger partial charge in [-0.25, -0.2) is 4.21 Å². The Bertz CT molecular complexity index is 777. The maximum atomic E-state index is 11.3. The fraction of sp³-hybridized carbons (Fsp3) is 0.368. The zero-order chi connectivity index (χ0) is 20.0. The molecule has 2 rings (SSSR count). The molecule has 0 saturated carbocycles. The molecule has 0 spiro atoms. The lowest BCUT2D eigenvalue weighted by molar-refractivity contribution is 0.135. The van der Waals surface area contributed by atoms with Crippen LogP contribution in [0.1, 0.15) is 24.2 Å². The average molecular weight is 394 g/mol. The third-order valence-corrected chi connectivity index (χ3v) is 4.64. The molecule has 0 saturated heterocycles. The highest BCUT2D eigenvalue weighted by molar-refractivity contribution is 7.85. The van der Waals surface area contributed by atoms with E-state index in [1.807, 2.05) is 19.1 Å². The molecule has 0 amide bonds. The molecule has 0 aromatic heterocycles. The summed E-state index contributed by atoms with van der Waals surface area (Å²) in [5.41, 5.74) is 1.88. The molecule has 0 aliphatic carbocycles. The van der Waals surface area contributed by atoms with Gasteiger partial charge in [-0.15, -0.1) is 0 Å². The molecule has 0 aliphatic rings. The predicted molar refractivity (Wildman–Crippen MR) is 107 cm³/mol. The third kappa shape index (κ3) is 5.85. The fourth-order valence-electron chi connectivity index (χ4n) is 2.62. The highest BCUT2D eigenvalue weighted by Gasteiger charge is 2.18. The molecular weight excluding hydrogens is 368 g/mol. The third-order valence-electron chi connectivity index (χ3n) is 4.13. The van der Waals surface area contributed by atoms with Crippen molar-refractivity contribution in [3.8, 4) is 17.2 Å². The summed E-state index contributed by atoms with van der Waals surface area (Å²) in [6, 6.07) is 10.0. The number of anilines is 1. The molecule has 4 N–H and O–H groups in total. The summed E-state index contributed by atoms with van der Waals surface area (Å²) in [5.74, 6) is 1.37. The SMILES string of the molecule is COc1cc(CN[C@@H](C)[C@H](O)c2ccc(O)c(NS(C)=O)c2)cc(OC)c1. The molecule has 0 radical (unpaired) electrons. The van der Waals surface area contributed by atoms with Gasteiger partial charge in [0.05, 0.1) is 26.0 Å². The second-order valence-electron chi connectivity index (χ2n) is 6.17. The molecule has 2 aromatic carbocycles. The van der Waals surface area contributed by atoms with Crippen LogP contribution in [0, 0.1) is 0 Å². The standard InChI is InChI=1S/C19H26N2O5S/c1-12(20-11-13-7-15(25-2)10-16(8-13)26-3)19(23)14-5-6-18(22)17(9-14)21-27(4)24/h5-10,12,19-23H,11H2,1-4H3/t12-,19-,27?/m0/s1. The summed E-state index contributed by atoms with van der Waals surface area (Å²) in [6.07, 6.45) is 0.652. The van der Waals surface area contributed by atoms with Crippen LogP contribution in [0.15, 0.2) is 36.4 Å². The van der Waals surface area contributed by atoms with Crippen molar-refractivity contribution in [2.45, 2.75) is 25.6 Å². The summed E-state index contributed by atoms with van der Waals surface area (Å²) >= 11 is 0. The van der Waals surface area contributed by atoms with E-state index in [2.05, 4.69) is 10.0 Å². The van der Waals surface area contributed by atoms with Crippen LogP contribution < -0.4 is 19.5 Å². The van der Waals surface area contributed by atoms with E-state index in [0.29, 0.717) is 29.3 Å². The Kier molecular flexibility index (Phi) is 7.46. The van der Waals surface area contributed by atoms with E-state index in [1.54, 1.807) is 32.4 Å². The van der Waals surface area contributed by atoms with Gasteiger partial charge in [-0.2, -0.15) is 0 Å². The van der Waals surface area contributed by atoms with Crippen LogP contribution in [0.3, 0.4) is 0 Å². The zero-order valence-electron chi connectivity index (χ0n) is 15.9. The lowest BCUT2D eigenvalue weighted by Gasteiger charge is -2.22. The molecule has 0 aliphatic heterocycles. The smallest absolute Gasteiger partial charge is 0.139 e. The normalized spacial score (nSPS) is 14.3. The summed E-state index contributed by atoms with van der Waals surface area (Å²) in [4.78, 5) is 0. The molecule has 2 aromatic rings. The van der Waals surface area contributed by atoms with E-state index < -0.39 is 17.1 Å². The minimum Gasteiger partial charge on any atom is -0.506 e. The Morgan fingerprint density at radius 3 is 2.30 bits per heavy atom. The van der Waals surface area contributed by atoms with Gasteiger partial charge in [-0.3, -0.25) is 0 Å². The van der Waals surface area contributed by atoms with Gasteiger partial charge in [0.2, 0.25) is 0 Å². The molecular formula is C19H26N2O5S. The number of hydrogen-bond donors (Lipinski definition) is 4. The van der Waals surface area contributed by atoms with Gasteiger partial charge in [0.15, 0.2) is 0 Å². The van der Waals surface area contributed by atoms with Crippen molar-refractivity contribution in [1.82, 2.24) is 5.32 Å². The number of aliphatic hydroxyl groups is 1. The highest BCUT2D eigenvalue weighted by Crippen LogP contribution is 2.29. The molecule has 148 valence electrons. The Balaban J connectivity index is 2.07. The van der Waals surface area contributed by atoms with E-state index in [-0.39, 0.29) is 11.8 Å².